The second-order valence-electron chi connectivity index (χ2n) is 5.83. The molecule has 0 saturated heterocycles. The van der Waals surface area contributed by atoms with Crippen LogP contribution >= 0.6 is 11.8 Å². The van der Waals surface area contributed by atoms with E-state index in [1.54, 1.807) is 0 Å². The highest BCUT2D eigenvalue weighted by Gasteiger charge is 2.13. The number of thioether (sulfide) groups is 1. The number of amides is 1. The Kier molecular flexibility index (Phi) is 5.51. The van der Waals surface area contributed by atoms with Gasteiger partial charge in [-0.3, -0.25) is 14.9 Å². The SMILES string of the molecule is Cc1ccc(C)c(NC(=O)CSc2nnc(-c3ccc([N+](=O)[O-])cc3)o2)c1. The van der Waals surface area contributed by atoms with Crippen LogP contribution < -0.4 is 5.32 Å². The van der Waals surface area contributed by atoms with Crippen LogP contribution in [-0.4, -0.2) is 26.8 Å². The maximum atomic E-state index is 12.1. The minimum atomic E-state index is -0.479. The van der Waals surface area contributed by atoms with Gasteiger partial charge in [-0.1, -0.05) is 23.9 Å². The van der Waals surface area contributed by atoms with Gasteiger partial charge in [0.15, 0.2) is 0 Å². The summed E-state index contributed by atoms with van der Waals surface area (Å²) in [5, 5.41) is 21.6. The average molecular weight is 384 g/mol. The molecule has 0 unspecified atom stereocenters. The second kappa shape index (κ2) is 8.00. The van der Waals surface area contributed by atoms with Gasteiger partial charge in [0.1, 0.15) is 0 Å². The molecule has 2 aromatic carbocycles. The molecule has 1 heterocycles. The fraction of sp³-hybridized carbons (Fsp3) is 0.167. The van der Waals surface area contributed by atoms with E-state index in [4.69, 9.17) is 4.42 Å². The van der Waals surface area contributed by atoms with Crippen LogP contribution in [0.15, 0.2) is 52.1 Å². The quantitative estimate of drug-likeness (QED) is 0.388. The van der Waals surface area contributed by atoms with Gasteiger partial charge in [0, 0.05) is 23.4 Å². The van der Waals surface area contributed by atoms with Crippen molar-refractivity contribution in [3.8, 4) is 11.5 Å². The summed E-state index contributed by atoms with van der Waals surface area (Å²) in [5.41, 5.74) is 3.37. The van der Waals surface area contributed by atoms with Gasteiger partial charge in [-0.25, -0.2) is 0 Å². The van der Waals surface area contributed by atoms with Crippen molar-refractivity contribution in [1.29, 1.82) is 0 Å². The fourth-order valence-corrected chi connectivity index (χ4v) is 2.86. The number of nitro benzene ring substituents is 1. The number of non-ortho nitro benzene ring substituents is 1. The molecule has 9 heteroatoms. The Morgan fingerprint density at radius 2 is 1.93 bits per heavy atom. The maximum absolute atomic E-state index is 12.1. The Bertz CT molecular complexity index is 985. The summed E-state index contributed by atoms with van der Waals surface area (Å²) in [7, 11) is 0. The summed E-state index contributed by atoms with van der Waals surface area (Å²) >= 11 is 1.12. The molecular formula is C18H16N4O4S. The van der Waals surface area contributed by atoms with E-state index in [1.165, 1.54) is 24.3 Å². The van der Waals surface area contributed by atoms with Crippen molar-refractivity contribution in [2.45, 2.75) is 19.1 Å². The van der Waals surface area contributed by atoms with E-state index in [2.05, 4.69) is 15.5 Å². The molecule has 138 valence electrons. The predicted molar refractivity (Wildman–Crippen MR) is 102 cm³/mol. The molecule has 0 saturated carbocycles. The Morgan fingerprint density at radius 1 is 1.19 bits per heavy atom. The minimum absolute atomic E-state index is 0.0176. The lowest BCUT2D eigenvalue weighted by Crippen LogP contribution is -2.14. The lowest BCUT2D eigenvalue weighted by Gasteiger charge is -2.08. The number of carbonyl (C=O) groups excluding carboxylic acids is 1. The lowest BCUT2D eigenvalue weighted by atomic mass is 10.1. The highest BCUT2D eigenvalue weighted by molar-refractivity contribution is 7.99. The van der Waals surface area contributed by atoms with Gasteiger partial charge in [0.05, 0.1) is 10.7 Å². The van der Waals surface area contributed by atoms with Gasteiger partial charge in [-0.15, -0.1) is 10.2 Å². The summed E-state index contributed by atoms with van der Waals surface area (Å²) in [6.45, 7) is 3.89. The first-order valence-electron chi connectivity index (χ1n) is 8.00. The second-order valence-corrected chi connectivity index (χ2v) is 6.76. The van der Waals surface area contributed by atoms with Crippen LogP contribution in [0.2, 0.25) is 0 Å². The summed E-state index contributed by atoms with van der Waals surface area (Å²) in [4.78, 5) is 22.3. The molecular weight excluding hydrogens is 368 g/mol. The van der Waals surface area contributed by atoms with Gasteiger partial charge < -0.3 is 9.73 Å². The molecule has 8 nitrogen and oxygen atoms in total. The third kappa shape index (κ3) is 4.70. The fourth-order valence-electron chi connectivity index (χ4n) is 2.29. The molecule has 3 rings (SSSR count). The van der Waals surface area contributed by atoms with Crippen LogP contribution in [0.1, 0.15) is 11.1 Å². The number of hydrogen-bond donors (Lipinski definition) is 1. The largest absolute Gasteiger partial charge is 0.411 e. The number of rotatable bonds is 6. The molecule has 0 bridgehead atoms. The number of nitrogens with one attached hydrogen (secondary N) is 1. The number of nitrogens with zero attached hydrogens (tertiary/aromatic N) is 3. The zero-order valence-corrected chi connectivity index (χ0v) is 15.4. The molecule has 0 radical (unpaired) electrons. The van der Waals surface area contributed by atoms with Crippen molar-refractivity contribution < 1.29 is 14.1 Å². The molecule has 1 amide bonds. The van der Waals surface area contributed by atoms with E-state index in [0.717, 1.165) is 28.6 Å². The highest BCUT2D eigenvalue weighted by atomic mass is 32.2. The normalized spacial score (nSPS) is 10.6. The number of nitro groups is 1. The Hall–Kier alpha value is -3.20. The van der Waals surface area contributed by atoms with Crippen LogP contribution in [0.25, 0.3) is 11.5 Å². The molecule has 1 aromatic heterocycles. The summed E-state index contributed by atoms with van der Waals surface area (Å²) in [6, 6.07) is 11.6. The Labute approximate surface area is 159 Å². The van der Waals surface area contributed by atoms with Crippen molar-refractivity contribution in [3.63, 3.8) is 0 Å². The van der Waals surface area contributed by atoms with Crippen molar-refractivity contribution in [3.05, 3.63) is 63.7 Å². The molecule has 0 fully saturated rings. The van der Waals surface area contributed by atoms with Gasteiger partial charge in [-0.05, 0) is 43.2 Å². The molecule has 0 aliphatic rings. The van der Waals surface area contributed by atoms with Crippen LogP contribution in [0, 0.1) is 24.0 Å². The van der Waals surface area contributed by atoms with Crippen LogP contribution in [0.5, 0.6) is 0 Å². The van der Waals surface area contributed by atoms with E-state index < -0.39 is 4.92 Å². The lowest BCUT2D eigenvalue weighted by molar-refractivity contribution is -0.384. The average Bonchev–Trinajstić information content (AvgIpc) is 3.12. The molecule has 1 N–H and O–H groups in total. The van der Waals surface area contributed by atoms with Gasteiger partial charge in [0.2, 0.25) is 11.8 Å². The third-order valence-electron chi connectivity index (χ3n) is 3.73. The molecule has 27 heavy (non-hydrogen) atoms. The van der Waals surface area contributed by atoms with E-state index in [0.29, 0.717) is 5.56 Å². The van der Waals surface area contributed by atoms with Crippen molar-refractivity contribution in [1.82, 2.24) is 10.2 Å². The van der Waals surface area contributed by atoms with Crippen LogP contribution in [-0.2, 0) is 4.79 Å². The number of carbonyl (C=O) groups is 1. The number of aryl methyl sites for hydroxylation is 2. The first-order chi connectivity index (χ1) is 12.9. The zero-order chi connectivity index (χ0) is 19.4. The van der Waals surface area contributed by atoms with Gasteiger partial charge >= 0.3 is 0 Å². The smallest absolute Gasteiger partial charge is 0.277 e. The number of aromatic nitrogens is 2. The minimum Gasteiger partial charge on any atom is -0.411 e. The van der Waals surface area contributed by atoms with E-state index in [9.17, 15) is 14.9 Å². The van der Waals surface area contributed by atoms with Crippen LogP contribution in [0.3, 0.4) is 0 Å². The molecule has 0 aliphatic carbocycles. The number of anilines is 1. The predicted octanol–water partition coefficient (Wildman–Crippen LogP) is 3.99. The first kappa shape index (κ1) is 18.6. The summed E-state index contributed by atoms with van der Waals surface area (Å²) < 4.78 is 5.50. The van der Waals surface area contributed by atoms with E-state index in [-0.39, 0.29) is 28.5 Å². The van der Waals surface area contributed by atoms with E-state index in [1.807, 2.05) is 32.0 Å². The number of hydrogen-bond acceptors (Lipinski definition) is 7. The van der Waals surface area contributed by atoms with Crippen molar-refractivity contribution in [2.75, 3.05) is 11.1 Å². The Balaban J connectivity index is 1.60. The maximum Gasteiger partial charge on any atom is 0.277 e. The van der Waals surface area contributed by atoms with Gasteiger partial charge in [0.25, 0.3) is 10.9 Å². The zero-order valence-electron chi connectivity index (χ0n) is 14.6. The van der Waals surface area contributed by atoms with Gasteiger partial charge in [-0.2, -0.15) is 0 Å². The molecule has 0 aliphatic heterocycles. The highest BCUT2D eigenvalue weighted by Crippen LogP contribution is 2.25. The monoisotopic (exact) mass is 384 g/mol. The van der Waals surface area contributed by atoms with Crippen molar-refractivity contribution in [2.24, 2.45) is 0 Å². The van der Waals surface area contributed by atoms with E-state index >= 15 is 0 Å². The third-order valence-corrected chi connectivity index (χ3v) is 4.54. The van der Waals surface area contributed by atoms with Crippen LogP contribution in [0.4, 0.5) is 11.4 Å². The standard InChI is InChI=1S/C18H16N4O4S/c1-11-3-4-12(2)15(9-11)19-16(23)10-27-18-21-20-17(26-18)13-5-7-14(8-6-13)22(24)25/h3-9H,10H2,1-2H3,(H,19,23). The topological polar surface area (TPSA) is 111 Å². The summed E-state index contributed by atoms with van der Waals surface area (Å²) in [5.74, 6) is 0.182. The molecule has 3 aromatic rings. The summed E-state index contributed by atoms with van der Waals surface area (Å²) in [6.07, 6.45) is 0. The Morgan fingerprint density at radius 3 is 2.63 bits per heavy atom. The van der Waals surface area contributed by atoms with Crippen molar-refractivity contribution >= 4 is 29.0 Å². The first-order valence-corrected chi connectivity index (χ1v) is 8.99. The molecule has 0 spiro atoms. The molecule has 0 atom stereocenters. The number of benzene rings is 2.